The second-order valence-corrected chi connectivity index (χ2v) is 9.12. The number of carbonyl (C=O) groups is 1. The zero-order valence-corrected chi connectivity index (χ0v) is 19.6. The van der Waals surface area contributed by atoms with Crippen molar-refractivity contribution < 1.29 is 9.32 Å². The zero-order chi connectivity index (χ0) is 23.1. The van der Waals surface area contributed by atoms with Gasteiger partial charge in [-0.25, -0.2) is 9.97 Å². The van der Waals surface area contributed by atoms with Gasteiger partial charge in [-0.2, -0.15) is 0 Å². The number of rotatable bonds is 4. The molecule has 0 N–H and O–H groups in total. The van der Waals surface area contributed by atoms with E-state index in [4.69, 9.17) is 9.51 Å². The SMILES string of the molecule is Cc1cc(-c2ccc(C)nc2C(=O)N2CCCC[C@H]2Cc2cn3ccc(C)c(C)c3n2)on1. The molecule has 4 aromatic heterocycles. The van der Waals surface area contributed by atoms with Crippen LogP contribution in [0.5, 0.6) is 0 Å². The first-order valence-corrected chi connectivity index (χ1v) is 11.6. The lowest BCUT2D eigenvalue weighted by atomic mass is 9.97. The van der Waals surface area contributed by atoms with Crippen molar-refractivity contribution in [2.75, 3.05) is 6.54 Å². The van der Waals surface area contributed by atoms with Crippen LogP contribution < -0.4 is 0 Å². The van der Waals surface area contributed by atoms with Gasteiger partial charge in [-0.3, -0.25) is 4.79 Å². The number of imidazole rings is 1. The maximum atomic E-state index is 13.8. The van der Waals surface area contributed by atoms with Crippen molar-refractivity contribution in [3.63, 3.8) is 0 Å². The molecular weight excluding hydrogens is 414 g/mol. The van der Waals surface area contributed by atoms with E-state index >= 15 is 0 Å². The summed E-state index contributed by atoms with van der Waals surface area (Å²) in [5.74, 6) is 0.520. The van der Waals surface area contributed by atoms with Crippen LogP contribution in [0.15, 0.2) is 41.2 Å². The second-order valence-electron chi connectivity index (χ2n) is 9.12. The number of piperidine rings is 1. The highest BCUT2D eigenvalue weighted by Gasteiger charge is 2.31. The Bertz CT molecular complexity index is 1340. The third kappa shape index (κ3) is 4.03. The molecule has 5 heterocycles. The molecule has 0 bridgehead atoms. The van der Waals surface area contributed by atoms with E-state index in [1.54, 1.807) is 0 Å². The van der Waals surface area contributed by atoms with Crippen molar-refractivity contribution in [1.82, 2.24) is 24.4 Å². The van der Waals surface area contributed by atoms with Crippen molar-refractivity contribution in [3.05, 3.63) is 70.6 Å². The van der Waals surface area contributed by atoms with Crippen molar-refractivity contribution in [2.24, 2.45) is 0 Å². The Morgan fingerprint density at radius 1 is 1.09 bits per heavy atom. The lowest BCUT2D eigenvalue weighted by molar-refractivity contribution is 0.0607. The molecule has 1 saturated heterocycles. The number of pyridine rings is 2. The molecular formula is C26H29N5O2. The summed E-state index contributed by atoms with van der Waals surface area (Å²) in [5.41, 5.74) is 7.12. The minimum Gasteiger partial charge on any atom is -0.356 e. The quantitative estimate of drug-likeness (QED) is 0.450. The van der Waals surface area contributed by atoms with Gasteiger partial charge in [0.15, 0.2) is 5.76 Å². The molecule has 0 saturated carbocycles. The van der Waals surface area contributed by atoms with Gasteiger partial charge in [0.1, 0.15) is 11.3 Å². The minimum absolute atomic E-state index is 0.0526. The van der Waals surface area contributed by atoms with Gasteiger partial charge < -0.3 is 13.8 Å². The predicted octanol–water partition coefficient (Wildman–Crippen LogP) is 4.86. The number of nitrogens with zero attached hydrogens (tertiary/aromatic N) is 5. The molecule has 0 aliphatic carbocycles. The van der Waals surface area contributed by atoms with E-state index in [-0.39, 0.29) is 11.9 Å². The van der Waals surface area contributed by atoms with Gasteiger partial charge >= 0.3 is 0 Å². The number of likely N-dealkylation sites (tertiary alicyclic amines) is 1. The Morgan fingerprint density at radius 2 is 1.94 bits per heavy atom. The lowest BCUT2D eigenvalue weighted by Gasteiger charge is -2.35. The molecule has 0 spiro atoms. The number of fused-ring (bicyclic) bond motifs is 1. The van der Waals surface area contributed by atoms with Crippen molar-refractivity contribution in [1.29, 1.82) is 0 Å². The highest BCUT2D eigenvalue weighted by Crippen LogP contribution is 2.28. The Kier molecular flexibility index (Phi) is 5.48. The fraction of sp³-hybridized carbons (Fsp3) is 0.385. The van der Waals surface area contributed by atoms with Gasteiger partial charge in [0, 0.05) is 43.2 Å². The molecule has 1 atom stereocenters. The number of carbonyl (C=O) groups excluding carboxylic acids is 1. The van der Waals surface area contributed by atoms with Crippen LogP contribution in [0, 0.1) is 27.7 Å². The van der Waals surface area contributed by atoms with Crippen molar-refractivity contribution in [2.45, 2.75) is 59.4 Å². The summed E-state index contributed by atoms with van der Waals surface area (Å²) in [5, 5.41) is 3.99. The third-order valence-corrected chi connectivity index (χ3v) is 6.66. The van der Waals surface area contributed by atoms with Crippen molar-refractivity contribution in [3.8, 4) is 11.3 Å². The summed E-state index contributed by atoms with van der Waals surface area (Å²) in [6, 6.07) is 7.85. The van der Waals surface area contributed by atoms with E-state index in [2.05, 4.69) is 46.8 Å². The van der Waals surface area contributed by atoms with Crippen LogP contribution in [-0.2, 0) is 6.42 Å². The summed E-state index contributed by atoms with van der Waals surface area (Å²) >= 11 is 0. The smallest absolute Gasteiger partial charge is 0.273 e. The Balaban J connectivity index is 1.47. The third-order valence-electron chi connectivity index (χ3n) is 6.66. The topological polar surface area (TPSA) is 76.5 Å². The van der Waals surface area contributed by atoms with Crippen LogP contribution in [0.25, 0.3) is 17.0 Å². The number of hydrogen-bond donors (Lipinski definition) is 0. The first-order chi connectivity index (χ1) is 15.9. The monoisotopic (exact) mass is 443 g/mol. The zero-order valence-electron chi connectivity index (χ0n) is 19.6. The molecule has 4 aromatic rings. The van der Waals surface area contributed by atoms with Gasteiger partial charge in [-0.1, -0.05) is 5.16 Å². The van der Waals surface area contributed by atoms with Crippen molar-refractivity contribution >= 4 is 11.6 Å². The summed E-state index contributed by atoms with van der Waals surface area (Å²) in [7, 11) is 0. The maximum Gasteiger partial charge on any atom is 0.273 e. The molecule has 1 amide bonds. The van der Waals surface area contributed by atoms with E-state index in [0.717, 1.165) is 55.0 Å². The average molecular weight is 444 g/mol. The van der Waals surface area contributed by atoms with Gasteiger partial charge in [-0.05, 0) is 76.3 Å². The van der Waals surface area contributed by atoms with Gasteiger partial charge in [0.2, 0.25) is 0 Å². The molecule has 1 aliphatic rings. The Hall–Kier alpha value is -3.48. The average Bonchev–Trinajstić information content (AvgIpc) is 3.42. The van der Waals surface area contributed by atoms with Crippen LogP contribution in [0.2, 0.25) is 0 Å². The van der Waals surface area contributed by atoms with Gasteiger partial charge in [0.05, 0.1) is 17.0 Å². The van der Waals surface area contributed by atoms with Crippen LogP contribution in [0.4, 0.5) is 0 Å². The highest BCUT2D eigenvalue weighted by molar-refractivity contribution is 5.98. The maximum absolute atomic E-state index is 13.8. The first kappa shape index (κ1) is 21.4. The lowest BCUT2D eigenvalue weighted by Crippen LogP contribution is -2.45. The van der Waals surface area contributed by atoms with E-state index in [1.807, 2.05) is 36.9 Å². The predicted molar refractivity (Wildman–Crippen MR) is 126 cm³/mol. The normalized spacial score (nSPS) is 16.5. The van der Waals surface area contributed by atoms with E-state index in [9.17, 15) is 4.79 Å². The molecule has 5 rings (SSSR count). The molecule has 7 nitrogen and oxygen atoms in total. The summed E-state index contributed by atoms with van der Waals surface area (Å²) in [6.07, 6.45) is 7.94. The van der Waals surface area contributed by atoms with E-state index in [0.29, 0.717) is 17.0 Å². The van der Waals surface area contributed by atoms with E-state index < -0.39 is 0 Å². The second kappa shape index (κ2) is 8.46. The number of hydrogen-bond acceptors (Lipinski definition) is 5. The van der Waals surface area contributed by atoms with Gasteiger partial charge in [0.25, 0.3) is 5.91 Å². The standard InChI is InChI=1S/C26H29N5O2/c1-16-10-12-30-15-20(28-25(30)19(16)4)14-21-7-5-6-11-31(21)26(32)24-22(9-8-17(2)27-24)23-13-18(3)29-33-23/h8-10,12-13,15,21H,5-7,11,14H2,1-4H3/t21-/m0/s1. The molecule has 0 radical (unpaired) electrons. The number of aromatic nitrogens is 4. The highest BCUT2D eigenvalue weighted by atomic mass is 16.5. The molecule has 0 aromatic carbocycles. The van der Waals surface area contributed by atoms with Crippen LogP contribution in [0.1, 0.15) is 58.0 Å². The first-order valence-electron chi connectivity index (χ1n) is 11.6. The Labute approximate surface area is 193 Å². The van der Waals surface area contributed by atoms with Gasteiger partial charge in [-0.15, -0.1) is 0 Å². The summed E-state index contributed by atoms with van der Waals surface area (Å²) in [4.78, 5) is 25.3. The fourth-order valence-electron chi connectivity index (χ4n) is 4.69. The van der Waals surface area contributed by atoms with Crippen LogP contribution in [-0.4, -0.2) is 42.9 Å². The van der Waals surface area contributed by atoms with Crippen LogP contribution in [0.3, 0.4) is 0 Å². The fourth-order valence-corrected chi connectivity index (χ4v) is 4.69. The molecule has 33 heavy (non-hydrogen) atoms. The minimum atomic E-state index is -0.0526. The molecule has 7 heteroatoms. The summed E-state index contributed by atoms with van der Waals surface area (Å²) in [6.45, 7) is 8.71. The molecule has 1 fully saturated rings. The van der Waals surface area contributed by atoms with Crippen LogP contribution >= 0.6 is 0 Å². The Morgan fingerprint density at radius 3 is 2.73 bits per heavy atom. The largest absolute Gasteiger partial charge is 0.356 e. The van der Waals surface area contributed by atoms with E-state index in [1.165, 1.54) is 11.1 Å². The number of amides is 1. The molecule has 1 aliphatic heterocycles. The molecule has 0 unspecified atom stereocenters. The molecule has 170 valence electrons. The number of aryl methyl sites for hydroxylation is 4. The summed E-state index contributed by atoms with van der Waals surface area (Å²) < 4.78 is 7.55.